The van der Waals surface area contributed by atoms with Crippen molar-refractivity contribution in [3.8, 4) is 0 Å². The second kappa shape index (κ2) is 17.9. The standard InChI is InChI=1S/C39H42O7S/c1-28-18-21-33(22-19-28)47-39-38(46-35(41)23-20-29(2)40)37(44-26-32-16-10-5-11-17-32)36(43-25-31-14-8-4-9-15-31)34(45-39)27-42-24-30-12-6-3-7-13-30/h3-19,21-22,34,36-39H,20,23-27H2,1-2H3/t34-,36-,37-,38+,39+/m1/s1. The zero-order chi connectivity index (χ0) is 32.8. The van der Waals surface area contributed by atoms with Gasteiger partial charge in [-0.25, -0.2) is 0 Å². The summed E-state index contributed by atoms with van der Waals surface area (Å²) < 4.78 is 32.5. The Morgan fingerprint density at radius 1 is 0.660 bits per heavy atom. The van der Waals surface area contributed by atoms with Crippen LogP contribution >= 0.6 is 11.8 Å². The number of benzene rings is 4. The molecular formula is C39H42O7S. The van der Waals surface area contributed by atoms with Crippen molar-refractivity contribution in [3.63, 3.8) is 0 Å². The summed E-state index contributed by atoms with van der Waals surface area (Å²) in [6.07, 6.45) is -2.66. The van der Waals surface area contributed by atoms with Crippen molar-refractivity contribution in [2.24, 2.45) is 0 Å². The maximum absolute atomic E-state index is 13.2. The zero-order valence-electron chi connectivity index (χ0n) is 26.9. The summed E-state index contributed by atoms with van der Waals surface area (Å²) in [7, 11) is 0. The molecule has 0 radical (unpaired) electrons. The Bertz CT molecular complexity index is 1520. The molecule has 5 rings (SSSR count). The summed E-state index contributed by atoms with van der Waals surface area (Å²) in [5.74, 6) is -0.568. The molecule has 0 saturated carbocycles. The van der Waals surface area contributed by atoms with Crippen LogP contribution < -0.4 is 0 Å². The van der Waals surface area contributed by atoms with E-state index in [0.29, 0.717) is 13.2 Å². The smallest absolute Gasteiger partial charge is 0.306 e. The molecular weight excluding hydrogens is 612 g/mol. The third kappa shape index (κ3) is 10.9. The van der Waals surface area contributed by atoms with E-state index < -0.39 is 35.8 Å². The van der Waals surface area contributed by atoms with Crippen LogP contribution in [0.4, 0.5) is 0 Å². The topological polar surface area (TPSA) is 80.3 Å². The maximum Gasteiger partial charge on any atom is 0.306 e. The number of Topliss-reactive ketones (excluding diaryl/α,β-unsaturated/α-hetero) is 1. The van der Waals surface area contributed by atoms with Crippen molar-refractivity contribution < 1.29 is 33.3 Å². The summed E-state index contributed by atoms with van der Waals surface area (Å²) in [4.78, 5) is 25.9. The van der Waals surface area contributed by atoms with E-state index in [4.69, 9.17) is 23.7 Å². The molecule has 4 aromatic carbocycles. The fourth-order valence-corrected chi connectivity index (χ4v) is 6.37. The van der Waals surface area contributed by atoms with Gasteiger partial charge in [0.05, 0.1) is 32.8 Å². The highest BCUT2D eigenvalue weighted by Gasteiger charge is 2.50. The van der Waals surface area contributed by atoms with Gasteiger partial charge in [-0.05, 0) is 42.7 Å². The van der Waals surface area contributed by atoms with Gasteiger partial charge >= 0.3 is 5.97 Å². The molecule has 8 heteroatoms. The van der Waals surface area contributed by atoms with E-state index in [0.717, 1.165) is 27.1 Å². The van der Waals surface area contributed by atoms with E-state index in [1.165, 1.54) is 18.7 Å². The van der Waals surface area contributed by atoms with Crippen molar-refractivity contribution in [1.29, 1.82) is 0 Å². The lowest BCUT2D eigenvalue weighted by Crippen LogP contribution is -2.60. The molecule has 1 heterocycles. The fraction of sp³-hybridized carbons (Fsp3) is 0.333. The van der Waals surface area contributed by atoms with Gasteiger partial charge in [0.2, 0.25) is 0 Å². The average Bonchev–Trinajstić information content (AvgIpc) is 3.09. The first-order valence-electron chi connectivity index (χ1n) is 15.9. The SMILES string of the molecule is CC(=O)CCC(=O)O[C@H]1[C@H](OCc2ccccc2)[C@H](OCc2ccccc2)[C@@H](COCc2ccccc2)O[C@H]1Sc1ccc(C)cc1. The van der Waals surface area contributed by atoms with Crippen LogP contribution in [0.25, 0.3) is 0 Å². The van der Waals surface area contributed by atoms with Crippen molar-refractivity contribution in [2.45, 2.75) is 81.3 Å². The van der Waals surface area contributed by atoms with Gasteiger partial charge in [0, 0.05) is 11.3 Å². The van der Waals surface area contributed by atoms with Crippen LogP contribution in [-0.2, 0) is 53.1 Å². The Morgan fingerprint density at radius 2 is 1.19 bits per heavy atom. The highest BCUT2D eigenvalue weighted by molar-refractivity contribution is 7.99. The number of esters is 1. The lowest BCUT2D eigenvalue weighted by molar-refractivity contribution is -0.249. The molecule has 1 aliphatic heterocycles. The summed E-state index contributed by atoms with van der Waals surface area (Å²) in [5, 5.41) is 0. The van der Waals surface area contributed by atoms with Crippen molar-refractivity contribution in [3.05, 3.63) is 138 Å². The number of hydrogen-bond donors (Lipinski definition) is 0. The van der Waals surface area contributed by atoms with Crippen LogP contribution in [0.1, 0.15) is 42.0 Å². The third-order valence-corrected chi connectivity index (χ3v) is 8.93. The van der Waals surface area contributed by atoms with E-state index in [9.17, 15) is 9.59 Å². The van der Waals surface area contributed by atoms with Crippen LogP contribution in [0.15, 0.2) is 120 Å². The van der Waals surface area contributed by atoms with E-state index in [2.05, 4.69) is 0 Å². The number of thioether (sulfide) groups is 1. The van der Waals surface area contributed by atoms with E-state index in [-0.39, 0.29) is 31.8 Å². The van der Waals surface area contributed by atoms with Crippen molar-refractivity contribution in [1.82, 2.24) is 0 Å². The number of hydrogen-bond acceptors (Lipinski definition) is 8. The molecule has 0 unspecified atom stereocenters. The molecule has 1 aliphatic rings. The van der Waals surface area contributed by atoms with Gasteiger partial charge in [0.25, 0.3) is 0 Å². The molecule has 0 bridgehead atoms. The lowest BCUT2D eigenvalue weighted by Gasteiger charge is -2.45. The van der Waals surface area contributed by atoms with Gasteiger partial charge < -0.3 is 28.5 Å². The number of aryl methyl sites for hydroxylation is 1. The quantitative estimate of drug-likeness (QED) is 0.115. The average molecular weight is 655 g/mol. The number of carbonyl (C=O) groups excluding carboxylic acids is 2. The first-order chi connectivity index (χ1) is 22.9. The van der Waals surface area contributed by atoms with E-state index >= 15 is 0 Å². The van der Waals surface area contributed by atoms with Crippen molar-refractivity contribution >= 4 is 23.5 Å². The number of ketones is 1. The summed E-state index contributed by atoms with van der Waals surface area (Å²) in [6, 6.07) is 37.8. The highest BCUT2D eigenvalue weighted by Crippen LogP contribution is 2.38. The van der Waals surface area contributed by atoms with Gasteiger partial charge in [-0.3, -0.25) is 4.79 Å². The molecule has 0 amide bonds. The largest absolute Gasteiger partial charge is 0.456 e. The van der Waals surface area contributed by atoms with Crippen molar-refractivity contribution in [2.75, 3.05) is 6.61 Å². The second-order valence-electron chi connectivity index (χ2n) is 11.7. The molecule has 1 saturated heterocycles. The van der Waals surface area contributed by atoms with Crippen LogP contribution in [0.3, 0.4) is 0 Å². The molecule has 0 aromatic heterocycles. The van der Waals surface area contributed by atoms with Crippen LogP contribution in [-0.4, -0.2) is 48.2 Å². The third-order valence-electron chi connectivity index (χ3n) is 7.78. The Kier molecular flexibility index (Phi) is 13.2. The monoisotopic (exact) mass is 654 g/mol. The van der Waals surface area contributed by atoms with E-state index in [1.807, 2.05) is 122 Å². The molecule has 4 aromatic rings. The Labute approximate surface area is 281 Å². The van der Waals surface area contributed by atoms with Crippen LogP contribution in [0, 0.1) is 6.92 Å². The first-order valence-corrected chi connectivity index (χ1v) is 16.8. The fourth-order valence-electron chi connectivity index (χ4n) is 5.26. The number of rotatable bonds is 16. The van der Waals surface area contributed by atoms with Crippen LogP contribution in [0.5, 0.6) is 0 Å². The minimum Gasteiger partial charge on any atom is -0.456 e. The molecule has 1 fully saturated rings. The highest BCUT2D eigenvalue weighted by atomic mass is 32.2. The molecule has 7 nitrogen and oxygen atoms in total. The molecule has 246 valence electrons. The Morgan fingerprint density at radius 3 is 1.74 bits per heavy atom. The maximum atomic E-state index is 13.2. The van der Waals surface area contributed by atoms with Gasteiger partial charge in [-0.2, -0.15) is 0 Å². The zero-order valence-corrected chi connectivity index (χ0v) is 27.7. The molecule has 47 heavy (non-hydrogen) atoms. The molecule has 5 atom stereocenters. The van der Waals surface area contributed by atoms with Gasteiger partial charge in [0.15, 0.2) is 6.10 Å². The minimum absolute atomic E-state index is 0.0295. The van der Waals surface area contributed by atoms with Crippen LogP contribution in [0.2, 0.25) is 0 Å². The number of ether oxygens (including phenoxy) is 5. The normalized spacial score (nSPS) is 20.9. The lowest BCUT2D eigenvalue weighted by atomic mass is 9.98. The Hall–Kier alpha value is -3.79. The van der Waals surface area contributed by atoms with Gasteiger partial charge in [0.1, 0.15) is 29.5 Å². The summed E-state index contributed by atoms with van der Waals surface area (Å²) >= 11 is 1.47. The summed E-state index contributed by atoms with van der Waals surface area (Å²) in [6.45, 7) is 4.71. The molecule has 0 spiro atoms. The second-order valence-corrected chi connectivity index (χ2v) is 12.8. The van der Waals surface area contributed by atoms with Gasteiger partial charge in [-0.1, -0.05) is 120 Å². The predicted molar refractivity (Wildman–Crippen MR) is 182 cm³/mol. The minimum atomic E-state index is -0.837. The first kappa shape index (κ1) is 34.5. The summed E-state index contributed by atoms with van der Waals surface area (Å²) in [5.41, 5.74) is 3.51. The van der Waals surface area contributed by atoms with Gasteiger partial charge in [-0.15, -0.1) is 0 Å². The number of carbonyl (C=O) groups is 2. The van der Waals surface area contributed by atoms with E-state index in [1.54, 1.807) is 0 Å². The molecule has 0 N–H and O–H groups in total. The Balaban J connectivity index is 1.47. The predicted octanol–water partition coefficient (Wildman–Crippen LogP) is 7.48. The molecule has 0 aliphatic carbocycles.